The van der Waals surface area contributed by atoms with Gasteiger partial charge in [-0.25, -0.2) is 0 Å². The minimum absolute atomic E-state index is 0.0853. The number of amides is 1. The summed E-state index contributed by atoms with van der Waals surface area (Å²) in [6.45, 7) is 2.01. The summed E-state index contributed by atoms with van der Waals surface area (Å²) in [7, 11) is 1.90. The topological polar surface area (TPSA) is 47.4 Å². The number of hydrogen-bond acceptors (Lipinski definition) is 3. The zero-order valence-corrected chi connectivity index (χ0v) is 12.8. The van der Waals surface area contributed by atoms with E-state index in [1.807, 2.05) is 53.2 Å². The molecule has 0 bridgehead atoms. The predicted octanol–water partition coefficient (Wildman–Crippen LogP) is 2.24. The van der Waals surface area contributed by atoms with Crippen molar-refractivity contribution in [2.24, 2.45) is 7.05 Å². The first-order valence-electron chi connectivity index (χ1n) is 7.65. The molecule has 0 saturated carbocycles. The maximum atomic E-state index is 12.5. The Morgan fingerprint density at radius 3 is 3.05 bits per heavy atom. The smallest absolute Gasteiger partial charge is 0.270 e. The predicted molar refractivity (Wildman–Crippen MR) is 83.4 cm³/mol. The molecule has 1 saturated heterocycles. The molecule has 5 nitrogen and oxygen atoms in total. The molecule has 0 N–H and O–H groups in total. The highest BCUT2D eigenvalue weighted by atomic mass is 16.5. The first kappa shape index (κ1) is 14.8. The van der Waals surface area contributed by atoms with Crippen LogP contribution in [0.5, 0.6) is 0 Å². The second-order valence-electron chi connectivity index (χ2n) is 5.69. The van der Waals surface area contributed by atoms with E-state index < -0.39 is 0 Å². The summed E-state index contributed by atoms with van der Waals surface area (Å²) in [4.78, 5) is 18.5. The molecule has 0 aliphatic carbocycles. The molecule has 1 aliphatic heterocycles. The van der Waals surface area contributed by atoms with Gasteiger partial charge in [0.15, 0.2) is 0 Å². The van der Waals surface area contributed by atoms with Crippen molar-refractivity contribution in [2.45, 2.75) is 25.6 Å². The summed E-state index contributed by atoms with van der Waals surface area (Å²) >= 11 is 0. The van der Waals surface area contributed by atoms with Crippen molar-refractivity contribution < 1.29 is 9.53 Å². The first-order valence-corrected chi connectivity index (χ1v) is 7.65. The van der Waals surface area contributed by atoms with Crippen molar-refractivity contribution in [3.63, 3.8) is 0 Å². The van der Waals surface area contributed by atoms with E-state index in [9.17, 15) is 4.79 Å². The number of rotatable bonds is 4. The lowest BCUT2D eigenvalue weighted by molar-refractivity contribution is -0.00707. The third-order valence-corrected chi connectivity index (χ3v) is 4.04. The lowest BCUT2D eigenvalue weighted by Crippen LogP contribution is -2.43. The maximum Gasteiger partial charge on any atom is 0.270 e. The number of aryl methyl sites for hydroxylation is 1. The number of pyridine rings is 1. The van der Waals surface area contributed by atoms with Crippen LogP contribution in [-0.2, 0) is 18.4 Å². The number of nitrogens with zero attached hydrogens (tertiary/aromatic N) is 3. The standard InChI is InChI=1S/C17H21N3O2/c1-19-9-4-7-16(19)17(21)20-10-3-6-15(12-20)22-13-14-5-2-8-18-11-14/h2,4-5,7-9,11,15H,3,6,10,12-13H2,1H3/t15-/m1/s1. The van der Waals surface area contributed by atoms with Crippen LogP contribution < -0.4 is 0 Å². The Hall–Kier alpha value is -2.14. The van der Waals surface area contributed by atoms with Crippen LogP contribution in [0.4, 0.5) is 0 Å². The van der Waals surface area contributed by atoms with E-state index in [-0.39, 0.29) is 12.0 Å². The second kappa shape index (κ2) is 6.75. The van der Waals surface area contributed by atoms with E-state index in [1.165, 1.54) is 0 Å². The van der Waals surface area contributed by atoms with E-state index in [0.717, 1.165) is 30.6 Å². The van der Waals surface area contributed by atoms with Crippen molar-refractivity contribution in [3.05, 3.63) is 54.1 Å². The Balaban J connectivity index is 1.57. The van der Waals surface area contributed by atoms with Gasteiger partial charge in [-0.15, -0.1) is 0 Å². The van der Waals surface area contributed by atoms with Gasteiger partial charge < -0.3 is 14.2 Å². The Morgan fingerprint density at radius 2 is 2.32 bits per heavy atom. The van der Waals surface area contributed by atoms with Crippen LogP contribution in [0.1, 0.15) is 28.9 Å². The van der Waals surface area contributed by atoms with E-state index in [4.69, 9.17) is 4.74 Å². The van der Waals surface area contributed by atoms with Gasteiger partial charge in [-0.3, -0.25) is 9.78 Å². The summed E-state index contributed by atoms with van der Waals surface area (Å²) in [5, 5.41) is 0. The van der Waals surface area contributed by atoms with Crippen LogP contribution in [0.3, 0.4) is 0 Å². The van der Waals surface area contributed by atoms with Gasteiger partial charge in [0.2, 0.25) is 0 Å². The fourth-order valence-corrected chi connectivity index (χ4v) is 2.80. The molecule has 1 atom stereocenters. The van der Waals surface area contributed by atoms with Crippen LogP contribution in [0, 0.1) is 0 Å². The minimum atomic E-state index is 0.0853. The molecule has 1 amide bonds. The summed E-state index contributed by atoms with van der Waals surface area (Å²) in [5.41, 5.74) is 1.79. The number of ether oxygens (including phenoxy) is 1. The van der Waals surface area contributed by atoms with Gasteiger partial charge in [0.1, 0.15) is 5.69 Å². The molecule has 0 aromatic carbocycles. The van der Waals surface area contributed by atoms with Crippen LogP contribution in [0.15, 0.2) is 42.9 Å². The molecule has 3 rings (SSSR count). The van der Waals surface area contributed by atoms with Crippen LogP contribution >= 0.6 is 0 Å². The molecule has 2 aromatic rings. The third kappa shape index (κ3) is 3.36. The number of carbonyl (C=O) groups is 1. The summed E-state index contributed by atoms with van der Waals surface area (Å²) < 4.78 is 7.82. The highest BCUT2D eigenvalue weighted by molar-refractivity contribution is 5.92. The minimum Gasteiger partial charge on any atom is -0.372 e. The average molecular weight is 299 g/mol. The molecule has 116 valence electrons. The molecule has 3 heterocycles. The molecular formula is C17H21N3O2. The molecule has 1 fully saturated rings. The van der Waals surface area contributed by atoms with Crippen molar-refractivity contribution in [2.75, 3.05) is 13.1 Å². The first-order chi connectivity index (χ1) is 10.7. The van der Waals surface area contributed by atoms with Crippen molar-refractivity contribution in [1.82, 2.24) is 14.5 Å². The van der Waals surface area contributed by atoms with Crippen LogP contribution in [0.25, 0.3) is 0 Å². The van der Waals surface area contributed by atoms with Gasteiger partial charge >= 0.3 is 0 Å². The summed E-state index contributed by atoms with van der Waals surface area (Å²) in [6, 6.07) is 7.67. The van der Waals surface area contributed by atoms with Gasteiger partial charge in [-0.1, -0.05) is 6.07 Å². The maximum absolute atomic E-state index is 12.5. The van der Waals surface area contributed by atoms with Crippen LogP contribution in [-0.4, -0.2) is 39.6 Å². The highest BCUT2D eigenvalue weighted by Crippen LogP contribution is 2.17. The summed E-state index contributed by atoms with van der Waals surface area (Å²) in [6.07, 6.45) is 7.54. The van der Waals surface area contributed by atoms with Gasteiger partial charge in [0, 0.05) is 38.7 Å². The van der Waals surface area contributed by atoms with Gasteiger partial charge in [0.05, 0.1) is 12.7 Å². The van der Waals surface area contributed by atoms with Crippen molar-refractivity contribution in [1.29, 1.82) is 0 Å². The number of piperidine rings is 1. The molecule has 0 spiro atoms. The van der Waals surface area contributed by atoms with E-state index in [0.29, 0.717) is 13.2 Å². The quantitative estimate of drug-likeness (QED) is 0.870. The number of aromatic nitrogens is 2. The molecule has 5 heteroatoms. The average Bonchev–Trinajstić information content (AvgIpc) is 2.99. The zero-order chi connectivity index (χ0) is 15.4. The lowest BCUT2D eigenvalue weighted by Gasteiger charge is -2.32. The number of hydrogen-bond donors (Lipinski definition) is 0. The Labute approximate surface area is 130 Å². The van der Waals surface area contributed by atoms with Gasteiger partial charge in [0.25, 0.3) is 5.91 Å². The Morgan fingerprint density at radius 1 is 1.41 bits per heavy atom. The fraction of sp³-hybridized carbons (Fsp3) is 0.412. The normalized spacial score (nSPS) is 18.4. The van der Waals surface area contributed by atoms with E-state index in [1.54, 1.807) is 6.20 Å². The monoisotopic (exact) mass is 299 g/mol. The molecule has 2 aromatic heterocycles. The molecule has 22 heavy (non-hydrogen) atoms. The second-order valence-corrected chi connectivity index (χ2v) is 5.69. The van der Waals surface area contributed by atoms with Gasteiger partial charge in [-0.2, -0.15) is 0 Å². The Kier molecular flexibility index (Phi) is 4.53. The lowest BCUT2D eigenvalue weighted by atomic mass is 10.1. The number of carbonyl (C=O) groups excluding carboxylic acids is 1. The van der Waals surface area contributed by atoms with E-state index in [2.05, 4.69) is 4.98 Å². The van der Waals surface area contributed by atoms with Crippen molar-refractivity contribution >= 4 is 5.91 Å². The van der Waals surface area contributed by atoms with Crippen LogP contribution in [0.2, 0.25) is 0 Å². The van der Waals surface area contributed by atoms with Crippen molar-refractivity contribution in [3.8, 4) is 0 Å². The zero-order valence-electron chi connectivity index (χ0n) is 12.8. The SMILES string of the molecule is Cn1cccc1C(=O)N1CCC[C@@H](OCc2cccnc2)C1. The Bertz CT molecular complexity index is 624. The molecular weight excluding hydrogens is 278 g/mol. The highest BCUT2D eigenvalue weighted by Gasteiger charge is 2.26. The van der Waals surface area contributed by atoms with Gasteiger partial charge in [-0.05, 0) is 36.6 Å². The molecule has 1 aliphatic rings. The summed E-state index contributed by atoms with van der Waals surface area (Å²) in [5.74, 6) is 0.0853. The third-order valence-electron chi connectivity index (χ3n) is 4.04. The fourth-order valence-electron chi connectivity index (χ4n) is 2.80. The number of likely N-dealkylation sites (tertiary alicyclic amines) is 1. The molecule has 0 unspecified atom stereocenters. The largest absolute Gasteiger partial charge is 0.372 e. The molecule has 0 radical (unpaired) electrons. The van der Waals surface area contributed by atoms with E-state index >= 15 is 0 Å².